The van der Waals surface area contributed by atoms with Gasteiger partial charge in [0.15, 0.2) is 0 Å². The summed E-state index contributed by atoms with van der Waals surface area (Å²) in [5, 5.41) is 0. The minimum absolute atomic E-state index is 0.0354. The highest BCUT2D eigenvalue weighted by atomic mass is 32.2. The Kier molecular flexibility index (Phi) is 6.47. The zero-order chi connectivity index (χ0) is 20.3. The fourth-order valence-electron chi connectivity index (χ4n) is 3.40. The lowest BCUT2D eigenvalue weighted by atomic mass is 10.1. The molecule has 1 saturated heterocycles. The number of nitrogens with zero attached hydrogens (tertiary/aromatic N) is 2. The zero-order valence-corrected chi connectivity index (χ0v) is 18.1. The Hall–Kier alpha value is -1.83. The SMILES string of the molecule is CSCc1cccc(C(=O)N2CCN(S(=O)(=O)c3cc(C)ccc3C)CC2)c1. The predicted octanol–water partition coefficient (Wildman–Crippen LogP) is 3.31. The van der Waals surface area contributed by atoms with Crippen molar-refractivity contribution in [2.24, 2.45) is 0 Å². The lowest BCUT2D eigenvalue weighted by Gasteiger charge is -2.34. The second kappa shape index (κ2) is 8.68. The number of aryl methyl sites for hydroxylation is 2. The first-order chi connectivity index (χ1) is 13.3. The van der Waals surface area contributed by atoms with Gasteiger partial charge < -0.3 is 4.90 Å². The van der Waals surface area contributed by atoms with Gasteiger partial charge in [-0.15, -0.1) is 0 Å². The van der Waals surface area contributed by atoms with Gasteiger partial charge in [-0.1, -0.05) is 24.3 Å². The van der Waals surface area contributed by atoms with Crippen LogP contribution in [0.15, 0.2) is 47.4 Å². The van der Waals surface area contributed by atoms with Crippen LogP contribution < -0.4 is 0 Å². The van der Waals surface area contributed by atoms with E-state index in [1.165, 1.54) is 4.31 Å². The molecular formula is C21H26N2O3S2. The van der Waals surface area contributed by atoms with Gasteiger partial charge in [0.1, 0.15) is 0 Å². The fraction of sp³-hybridized carbons (Fsp3) is 0.381. The third kappa shape index (κ3) is 4.42. The van der Waals surface area contributed by atoms with E-state index in [-0.39, 0.29) is 5.91 Å². The van der Waals surface area contributed by atoms with E-state index < -0.39 is 10.0 Å². The van der Waals surface area contributed by atoms with Crippen LogP contribution >= 0.6 is 11.8 Å². The van der Waals surface area contributed by atoms with E-state index in [4.69, 9.17) is 0 Å². The van der Waals surface area contributed by atoms with Crippen LogP contribution in [0, 0.1) is 13.8 Å². The average molecular weight is 419 g/mol. The van der Waals surface area contributed by atoms with Crippen LogP contribution in [0.1, 0.15) is 27.0 Å². The van der Waals surface area contributed by atoms with Crippen LogP contribution in [0.2, 0.25) is 0 Å². The average Bonchev–Trinajstić information content (AvgIpc) is 2.70. The Bertz CT molecular complexity index is 965. The smallest absolute Gasteiger partial charge is 0.253 e. The molecule has 0 radical (unpaired) electrons. The molecule has 0 atom stereocenters. The highest BCUT2D eigenvalue weighted by Gasteiger charge is 2.31. The number of hydrogen-bond acceptors (Lipinski definition) is 4. The van der Waals surface area contributed by atoms with E-state index in [1.807, 2.05) is 56.5 Å². The first-order valence-corrected chi connectivity index (χ1v) is 12.1. The number of piperazine rings is 1. The minimum atomic E-state index is -3.55. The van der Waals surface area contributed by atoms with E-state index in [9.17, 15) is 13.2 Å². The summed E-state index contributed by atoms with van der Waals surface area (Å²) in [6.07, 6.45) is 2.03. The van der Waals surface area contributed by atoms with E-state index >= 15 is 0 Å². The maximum absolute atomic E-state index is 13.0. The van der Waals surface area contributed by atoms with Crippen LogP contribution in [0.3, 0.4) is 0 Å². The predicted molar refractivity (Wildman–Crippen MR) is 114 cm³/mol. The quantitative estimate of drug-likeness (QED) is 0.748. The molecule has 1 aliphatic rings. The van der Waals surface area contributed by atoms with Gasteiger partial charge in [0.25, 0.3) is 5.91 Å². The molecular weight excluding hydrogens is 392 g/mol. The number of rotatable bonds is 5. The lowest BCUT2D eigenvalue weighted by molar-refractivity contribution is 0.0698. The molecule has 0 unspecified atom stereocenters. The molecule has 3 rings (SSSR count). The van der Waals surface area contributed by atoms with Gasteiger partial charge in [-0.05, 0) is 55.0 Å². The molecule has 0 saturated carbocycles. The molecule has 2 aromatic rings. The topological polar surface area (TPSA) is 57.7 Å². The summed E-state index contributed by atoms with van der Waals surface area (Å²) in [4.78, 5) is 14.9. The summed E-state index contributed by atoms with van der Waals surface area (Å²) in [5.41, 5.74) is 3.45. The Morgan fingerprint density at radius 2 is 1.75 bits per heavy atom. The highest BCUT2D eigenvalue weighted by molar-refractivity contribution is 7.97. The minimum Gasteiger partial charge on any atom is -0.336 e. The van der Waals surface area contributed by atoms with E-state index in [2.05, 4.69) is 0 Å². The second-order valence-corrected chi connectivity index (χ2v) is 9.87. The molecule has 0 spiro atoms. The standard InChI is InChI=1S/C21H26N2O3S2/c1-16-7-8-17(2)20(13-16)28(25,26)23-11-9-22(10-12-23)21(24)19-6-4-5-18(14-19)15-27-3/h4-8,13-14H,9-12,15H2,1-3H3. The molecule has 1 fully saturated rings. The molecule has 2 aromatic carbocycles. The molecule has 7 heteroatoms. The van der Waals surface area contributed by atoms with Crippen LogP contribution in [0.4, 0.5) is 0 Å². The third-order valence-electron chi connectivity index (χ3n) is 4.97. The Morgan fingerprint density at radius 3 is 2.43 bits per heavy atom. The van der Waals surface area contributed by atoms with Gasteiger partial charge in [0.2, 0.25) is 10.0 Å². The third-order valence-corrected chi connectivity index (χ3v) is 7.63. The fourth-order valence-corrected chi connectivity index (χ4v) is 5.64. The summed E-state index contributed by atoms with van der Waals surface area (Å²) >= 11 is 1.72. The number of amides is 1. The molecule has 1 amide bonds. The maximum Gasteiger partial charge on any atom is 0.253 e. The molecule has 0 N–H and O–H groups in total. The van der Waals surface area contributed by atoms with Crippen LogP contribution in [0.5, 0.6) is 0 Å². The largest absolute Gasteiger partial charge is 0.336 e. The molecule has 0 aliphatic carbocycles. The summed E-state index contributed by atoms with van der Waals surface area (Å²) in [6, 6.07) is 13.1. The van der Waals surface area contributed by atoms with E-state index in [0.717, 1.165) is 22.4 Å². The van der Waals surface area contributed by atoms with Gasteiger partial charge in [-0.25, -0.2) is 8.42 Å². The number of carbonyl (C=O) groups is 1. The Balaban J connectivity index is 1.71. The van der Waals surface area contributed by atoms with Gasteiger partial charge in [0, 0.05) is 37.5 Å². The number of thioether (sulfide) groups is 1. The summed E-state index contributed by atoms with van der Waals surface area (Å²) in [5.74, 6) is 0.829. The molecule has 0 bridgehead atoms. The van der Waals surface area contributed by atoms with E-state index in [0.29, 0.717) is 36.6 Å². The maximum atomic E-state index is 13.0. The van der Waals surface area contributed by atoms with Crippen molar-refractivity contribution in [1.29, 1.82) is 0 Å². The first-order valence-electron chi connectivity index (χ1n) is 9.27. The molecule has 150 valence electrons. The molecule has 5 nitrogen and oxygen atoms in total. The number of carbonyl (C=O) groups excluding carboxylic acids is 1. The summed E-state index contributed by atoms with van der Waals surface area (Å²) in [6.45, 7) is 5.12. The summed E-state index contributed by atoms with van der Waals surface area (Å²) in [7, 11) is -3.55. The highest BCUT2D eigenvalue weighted by Crippen LogP contribution is 2.23. The first kappa shape index (κ1) is 20.9. The second-order valence-electron chi connectivity index (χ2n) is 7.10. The van der Waals surface area contributed by atoms with Gasteiger partial charge in [-0.3, -0.25) is 4.79 Å². The zero-order valence-electron chi connectivity index (χ0n) is 16.5. The van der Waals surface area contributed by atoms with Gasteiger partial charge in [0.05, 0.1) is 4.90 Å². The van der Waals surface area contributed by atoms with Crippen molar-refractivity contribution in [2.45, 2.75) is 24.5 Å². The van der Waals surface area contributed by atoms with Crippen molar-refractivity contribution >= 4 is 27.7 Å². The van der Waals surface area contributed by atoms with Crippen LogP contribution in [0.25, 0.3) is 0 Å². The van der Waals surface area contributed by atoms with Crippen molar-refractivity contribution in [3.8, 4) is 0 Å². The molecule has 1 aliphatic heterocycles. The Labute approximate surface area is 171 Å². The van der Waals surface area contributed by atoms with Gasteiger partial charge in [-0.2, -0.15) is 16.1 Å². The monoisotopic (exact) mass is 418 g/mol. The molecule has 28 heavy (non-hydrogen) atoms. The van der Waals surface area contributed by atoms with Crippen molar-refractivity contribution in [2.75, 3.05) is 32.4 Å². The van der Waals surface area contributed by atoms with Crippen molar-refractivity contribution in [3.05, 3.63) is 64.7 Å². The van der Waals surface area contributed by atoms with Gasteiger partial charge >= 0.3 is 0 Å². The van der Waals surface area contributed by atoms with Crippen molar-refractivity contribution in [1.82, 2.24) is 9.21 Å². The molecule has 0 aromatic heterocycles. The Morgan fingerprint density at radius 1 is 1.04 bits per heavy atom. The normalized spacial score (nSPS) is 15.6. The van der Waals surface area contributed by atoms with Crippen LogP contribution in [-0.2, 0) is 15.8 Å². The lowest BCUT2D eigenvalue weighted by Crippen LogP contribution is -2.50. The van der Waals surface area contributed by atoms with Crippen molar-refractivity contribution < 1.29 is 13.2 Å². The molecule has 1 heterocycles. The number of benzene rings is 2. The van der Waals surface area contributed by atoms with E-state index in [1.54, 1.807) is 22.7 Å². The van der Waals surface area contributed by atoms with Crippen molar-refractivity contribution in [3.63, 3.8) is 0 Å². The summed E-state index contributed by atoms with van der Waals surface area (Å²) < 4.78 is 27.6. The van der Waals surface area contributed by atoms with Crippen LogP contribution in [-0.4, -0.2) is 56.0 Å². The number of hydrogen-bond donors (Lipinski definition) is 0. The number of sulfonamides is 1.